The summed E-state index contributed by atoms with van der Waals surface area (Å²) in [5, 5.41) is 11.3. The average molecular weight is 339 g/mol. The fourth-order valence-corrected chi connectivity index (χ4v) is 1.64. The van der Waals surface area contributed by atoms with Gasteiger partial charge in [-0.3, -0.25) is 4.98 Å². The van der Waals surface area contributed by atoms with Gasteiger partial charge in [-0.2, -0.15) is 0 Å². The Bertz CT molecular complexity index is 500. The van der Waals surface area contributed by atoms with Crippen LogP contribution in [0.5, 0.6) is 0 Å². The minimum absolute atomic E-state index is 0.134. The van der Waals surface area contributed by atoms with Crippen LogP contribution >= 0.6 is 0 Å². The molecule has 0 saturated heterocycles. The van der Waals surface area contributed by atoms with Gasteiger partial charge in [-0.1, -0.05) is 26.3 Å². The van der Waals surface area contributed by atoms with Gasteiger partial charge in [-0.05, 0) is 38.8 Å². The van der Waals surface area contributed by atoms with Crippen molar-refractivity contribution in [3.63, 3.8) is 0 Å². The molecule has 0 fully saturated rings. The van der Waals surface area contributed by atoms with E-state index in [1.54, 1.807) is 33.9 Å². The molecule has 0 spiro atoms. The van der Waals surface area contributed by atoms with E-state index in [-0.39, 0.29) is 5.92 Å². The number of nitrogens with two attached hydrogens (primary N) is 1. The van der Waals surface area contributed by atoms with E-state index in [0.717, 1.165) is 5.69 Å². The van der Waals surface area contributed by atoms with Gasteiger partial charge < -0.3 is 20.9 Å². The smallest absolute Gasteiger partial charge is 0.408 e. The van der Waals surface area contributed by atoms with Crippen LogP contribution in [0.3, 0.4) is 0 Å². The van der Waals surface area contributed by atoms with Crippen LogP contribution in [0.1, 0.15) is 46.7 Å². The Kier molecular flexibility index (Phi) is 9.64. The maximum absolute atomic E-state index is 11.4. The quantitative estimate of drug-likeness (QED) is 0.759. The summed E-state index contributed by atoms with van der Waals surface area (Å²) in [5.41, 5.74) is 5.60. The lowest BCUT2D eigenvalue weighted by atomic mass is 10.00. The zero-order valence-electron chi connectivity index (χ0n) is 15.1. The molecule has 2 unspecified atom stereocenters. The predicted octanol–water partition coefficient (Wildman–Crippen LogP) is 2.55. The SMILES string of the molecule is CCC(C)C(NC(=O)OC(C)(C)C)C(=O)O.NCc1ccccn1. The summed E-state index contributed by atoms with van der Waals surface area (Å²) in [5.74, 6) is -1.18. The van der Waals surface area contributed by atoms with Gasteiger partial charge in [-0.15, -0.1) is 0 Å². The second-order valence-corrected chi connectivity index (χ2v) is 6.37. The van der Waals surface area contributed by atoms with Gasteiger partial charge in [0, 0.05) is 12.7 Å². The van der Waals surface area contributed by atoms with Crippen molar-refractivity contribution in [2.45, 2.75) is 59.2 Å². The van der Waals surface area contributed by atoms with Crippen molar-refractivity contribution in [1.29, 1.82) is 0 Å². The Balaban J connectivity index is 0.000000546. The molecule has 1 aromatic rings. The third kappa shape index (κ3) is 9.78. The molecule has 136 valence electrons. The molecule has 0 aromatic carbocycles. The molecule has 1 aromatic heterocycles. The van der Waals surface area contributed by atoms with Crippen molar-refractivity contribution >= 4 is 12.1 Å². The average Bonchev–Trinajstić information content (AvgIpc) is 2.51. The Labute approximate surface area is 143 Å². The van der Waals surface area contributed by atoms with Gasteiger partial charge >= 0.3 is 12.1 Å². The molecule has 1 rings (SSSR count). The van der Waals surface area contributed by atoms with Crippen LogP contribution in [-0.2, 0) is 16.1 Å². The largest absolute Gasteiger partial charge is 0.480 e. The topological polar surface area (TPSA) is 115 Å². The third-order valence-electron chi connectivity index (χ3n) is 3.09. The van der Waals surface area contributed by atoms with Gasteiger partial charge in [0.2, 0.25) is 0 Å². The number of amides is 1. The highest BCUT2D eigenvalue weighted by Crippen LogP contribution is 2.11. The lowest BCUT2D eigenvalue weighted by molar-refractivity contribution is -0.140. The zero-order chi connectivity index (χ0) is 18.8. The third-order valence-corrected chi connectivity index (χ3v) is 3.09. The fourth-order valence-electron chi connectivity index (χ4n) is 1.64. The van der Waals surface area contributed by atoms with Crippen LogP contribution in [0.25, 0.3) is 0 Å². The van der Waals surface area contributed by atoms with Crippen LogP contribution < -0.4 is 11.1 Å². The van der Waals surface area contributed by atoms with E-state index in [0.29, 0.717) is 13.0 Å². The maximum atomic E-state index is 11.4. The highest BCUT2D eigenvalue weighted by molar-refractivity contribution is 5.80. The van der Waals surface area contributed by atoms with E-state index in [4.69, 9.17) is 15.6 Å². The van der Waals surface area contributed by atoms with Gasteiger partial charge in [-0.25, -0.2) is 9.59 Å². The molecule has 0 bridgehead atoms. The number of hydrogen-bond acceptors (Lipinski definition) is 5. The molecule has 7 nitrogen and oxygen atoms in total. The molecular formula is C17H29N3O4. The molecular weight excluding hydrogens is 310 g/mol. The first-order valence-corrected chi connectivity index (χ1v) is 7.93. The van der Waals surface area contributed by atoms with E-state index in [2.05, 4.69) is 10.3 Å². The minimum Gasteiger partial charge on any atom is -0.480 e. The molecule has 0 radical (unpaired) electrons. The number of aliphatic carboxylic acids is 1. The van der Waals surface area contributed by atoms with Gasteiger partial charge in [0.15, 0.2) is 0 Å². The summed E-state index contributed by atoms with van der Waals surface area (Å²) in [6.45, 7) is 9.36. The van der Waals surface area contributed by atoms with Gasteiger partial charge in [0.05, 0.1) is 5.69 Å². The van der Waals surface area contributed by atoms with Crippen molar-refractivity contribution in [2.24, 2.45) is 11.7 Å². The van der Waals surface area contributed by atoms with Crippen molar-refractivity contribution in [3.05, 3.63) is 30.1 Å². The lowest BCUT2D eigenvalue weighted by Gasteiger charge is -2.24. The molecule has 24 heavy (non-hydrogen) atoms. The maximum Gasteiger partial charge on any atom is 0.408 e. The second kappa shape index (κ2) is 10.6. The number of hydrogen-bond donors (Lipinski definition) is 3. The first kappa shape index (κ1) is 21.9. The van der Waals surface area contributed by atoms with E-state index in [9.17, 15) is 9.59 Å². The number of carboxylic acids is 1. The number of alkyl carbamates (subject to hydrolysis) is 1. The minimum atomic E-state index is -1.04. The number of rotatable bonds is 5. The Hall–Kier alpha value is -2.15. The first-order chi connectivity index (χ1) is 11.1. The number of nitrogens with one attached hydrogen (secondary N) is 1. The van der Waals surface area contributed by atoms with Crippen LogP contribution in [0.4, 0.5) is 4.79 Å². The number of carbonyl (C=O) groups is 2. The number of ether oxygens (including phenoxy) is 1. The highest BCUT2D eigenvalue weighted by atomic mass is 16.6. The van der Waals surface area contributed by atoms with Crippen LogP contribution in [0, 0.1) is 5.92 Å². The molecule has 0 aliphatic rings. The van der Waals surface area contributed by atoms with E-state index in [1.165, 1.54) is 0 Å². The van der Waals surface area contributed by atoms with E-state index >= 15 is 0 Å². The standard InChI is InChI=1S/C11H21NO4.C6H8N2/c1-6-7(2)8(9(13)14)12-10(15)16-11(3,4)5;7-5-6-3-1-2-4-8-6/h7-8H,6H2,1-5H3,(H,12,15)(H,13,14);1-4H,5,7H2. The molecule has 0 aliphatic heterocycles. The summed E-state index contributed by atoms with van der Waals surface area (Å²) >= 11 is 0. The fraction of sp³-hybridized carbons (Fsp3) is 0.588. The summed E-state index contributed by atoms with van der Waals surface area (Å²) < 4.78 is 5.00. The molecule has 2 atom stereocenters. The van der Waals surface area contributed by atoms with Gasteiger partial charge in [0.1, 0.15) is 11.6 Å². The molecule has 0 aliphatic carbocycles. The second-order valence-electron chi connectivity index (χ2n) is 6.37. The predicted molar refractivity (Wildman–Crippen MR) is 92.4 cm³/mol. The summed E-state index contributed by atoms with van der Waals surface area (Å²) in [6, 6.07) is 4.80. The van der Waals surface area contributed by atoms with Crippen molar-refractivity contribution in [2.75, 3.05) is 0 Å². The number of aromatic nitrogens is 1. The normalized spacial score (nSPS) is 13.1. The number of pyridine rings is 1. The van der Waals surface area contributed by atoms with E-state index in [1.807, 2.05) is 25.1 Å². The zero-order valence-corrected chi connectivity index (χ0v) is 15.1. The molecule has 0 saturated carbocycles. The number of nitrogens with zero attached hydrogens (tertiary/aromatic N) is 1. The Morgan fingerprint density at radius 1 is 1.38 bits per heavy atom. The summed E-state index contributed by atoms with van der Waals surface area (Å²) in [6.07, 6.45) is 1.72. The van der Waals surface area contributed by atoms with Crippen LogP contribution in [0.15, 0.2) is 24.4 Å². The molecule has 1 heterocycles. The van der Waals surface area contributed by atoms with Gasteiger partial charge in [0.25, 0.3) is 0 Å². The van der Waals surface area contributed by atoms with Crippen LogP contribution in [0.2, 0.25) is 0 Å². The first-order valence-electron chi connectivity index (χ1n) is 7.93. The Morgan fingerprint density at radius 3 is 2.33 bits per heavy atom. The monoisotopic (exact) mass is 339 g/mol. The van der Waals surface area contributed by atoms with Crippen molar-refractivity contribution in [3.8, 4) is 0 Å². The van der Waals surface area contributed by atoms with Crippen molar-refractivity contribution < 1.29 is 19.4 Å². The molecule has 7 heteroatoms. The molecule has 1 amide bonds. The molecule has 4 N–H and O–H groups in total. The van der Waals surface area contributed by atoms with Crippen molar-refractivity contribution in [1.82, 2.24) is 10.3 Å². The summed E-state index contributed by atoms with van der Waals surface area (Å²) in [4.78, 5) is 26.3. The Morgan fingerprint density at radius 2 is 2.00 bits per heavy atom. The number of carboxylic acid groups (broad SMARTS) is 1. The van der Waals surface area contributed by atoms with E-state index < -0.39 is 23.7 Å². The van der Waals surface area contributed by atoms with Crippen LogP contribution in [-0.4, -0.2) is 33.8 Å². The number of carbonyl (C=O) groups excluding carboxylic acids is 1. The lowest BCUT2D eigenvalue weighted by Crippen LogP contribution is -2.46. The highest BCUT2D eigenvalue weighted by Gasteiger charge is 2.27. The summed E-state index contributed by atoms with van der Waals surface area (Å²) in [7, 11) is 0.